The summed E-state index contributed by atoms with van der Waals surface area (Å²) in [6, 6.07) is 0.565. The molecule has 0 radical (unpaired) electrons. The van der Waals surface area contributed by atoms with Crippen LogP contribution in [0.3, 0.4) is 0 Å². The van der Waals surface area contributed by atoms with Gasteiger partial charge < -0.3 is 10.2 Å². The summed E-state index contributed by atoms with van der Waals surface area (Å²) in [5.74, 6) is -0.430. The van der Waals surface area contributed by atoms with Crippen LogP contribution >= 0.6 is 0 Å². The molecule has 0 saturated carbocycles. The number of likely N-dealkylation sites (tertiary alicyclic amines) is 1. The summed E-state index contributed by atoms with van der Waals surface area (Å²) in [6.07, 6.45) is 5.36. The van der Waals surface area contributed by atoms with Gasteiger partial charge in [-0.1, -0.05) is 19.2 Å². The largest absolute Gasteiger partial charge is 0.310 e. The monoisotopic (exact) mass is 224 g/mol. The molecular weight excluding hydrogens is 203 g/mol. The Kier molecular flexibility index (Phi) is 5.43. The van der Waals surface area contributed by atoms with Crippen LogP contribution in [0.5, 0.6) is 0 Å². The van der Waals surface area contributed by atoms with Gasteiger partial charge in [-0.15, -0.1) is 0 Å². The molecule has 1 saturated heterocycles. The van der Waals surface area contributed by atoms with Gasteiger partial charge in [0, 0.05) is 12.6 Å². The SMILES string of the molecule is C=C(F)/C=C\C(=C)CNC1CCN(C)CC1. The molecule has 16 heavy (non-hydrogen) atoms. The van der Waals surface area contributed by atoms with Crippen LogP contribution in [0, 0.1) is 0 Å². The predicted molar refractivity (Wildman–Crippen MR) is 67.0 cm³/mol. The highest BCUT2D eigenvalue weighted by Gasteiger charge is 2.15. The van der Waals surface area contributed by atoms with Crippen molar-refractivity contribution in [3.05, 3.63) is 36.7 Å². The second-order valence-corrected chi connectivity index (χ2v) is 4.40. The number of nitrogens with zero attached hydrogens (tertiary/aromatic N) is 1. The van der Waals surface area contributed by atoms with Gasteiger partial charge in [-0.2, -0.15) is 0 Å². The van der Waals surface area contributed by atoms with Gasteiger partial charge in [0.2, 0.25) is 0 Å². The number of piperidine rings is 1. The fourth-order valence-electron chi connectivity index (χ4n) is 1.76. The summed E-state index contributed by atoms with van der Waals surface area (Å²) in [7, 11) is 2.14. The van der Waals surface area contributed by atoms with Crippen molar-refractivity contribution in [2.24, 2.45) is 0 Å². The van der Waals surface area contributed by atoms with E-state index < -0.39 is 5.83 Å². The van der Waals surface area contributed by atoms with E-state index in [1.165, 1.54) is 18.9 Å². The molecule has 0 aliphatic carbocycles. The number of halogens is 1. The molecule has 0 spiro atoms. The van der Waals surface area contributed by atoms with E-state index in [4.69, 9.17) is 0 Å². The third-order valence-corrected chi connectivity index (χ3v) is 2.84. The third-order valence-electron chi connectivity index (χ3n) is 2.84. The summed E-state index contributed by atoms with van der Waals surface area (Å²) in [5, 5.41) is 3.44. The summed E-state index contributed by atoms with van der Waals surface area (Å²) in [4.78, 5) is 2.33. The average Bonchev–Trinajstić information content (AvgIpc) is 2.25. The first-order valence-electron chi connectivity index (χ1n) is 5.70. The topological polar surface area (TPSA) is 15.3 Å². The fraction of sp³-hybridized carbons (Fsp3) is 0.538. The lowest BCUT2D eigenvalue weighted by Gasteiger charge is -2.29. The van der Waals surface area contributed by atoms with E-state index in [0.29, 0.717) is 6.04 Å². The molecule has 2 nitrogen and oxygen atoms in total. The van der Waals surface area contributed by atoms with Crippen LogP contribution in [0.25, 0.3) is 0 Å². The number of nitrogens with one attached hydrogen (secondary N) is 1. The van der Waals surface area contributed by atoms with Gasteiger partial charge in [-0.25, -0.2) is 4.39 Å². The summed E-state index contributed by atoms with van der Waals surface area (Å²) in [6.45, 7) is 10.0. The molecule has 1 heterocycles. The number of rotatable bonds is 5. The van der Waals surface area contributed by atoms with E-state index in [9.17, 15) is 4.39 Å². The molecule has 90 valence electrons. The van der Waals surface area contributed by atoms with Gasteiger partial charge >= 0.3 is 0 Å². The van der Waals surface area contributed by atoms with Crippen molar-refractivity contribution in [1.29, 1.82) is 0 Å². The normalized spacial score (nSPS) is 19.1. The highest BCUT2D eigenvalue weighted by Crippen LogP contribution is 2.08. The first kappa shape index (κ1) is 13.1. The molecule has 0 aromatic rings. The number of allylic oxidation sites excluding steroid dienone is 2. The van der Waals surface area contributed by atoms with E-state index >= 15 is 0 Å². The first-order chi connectivity index (χ1) is 7.58. The summed E-state index contributed by atoms with van der Waals surface area (Å²) in [5.41, 5.74) is 0.887. The maximum atomic E-state index is 12.4. The lowest BCUT2D eigenvalue weighted by Crippen LogP contribution is -2.41. The van der Waals surface area contributed by atoms with Crippen molar-refractivity contribution in [1.82, 2.24) is 10.2 Å². The van der Waals surface area contributed by atoms with Gasteiger partial charge in [0.1, 0.15) is 5.83 Å². The fourth-order valence-corrected chi connectivity index (χ4v) is 1.76. The highest BCUT2D eigenvalue weighted by molar-refractivity contribution is 5.21. The second-order valence-electron chi connectivity index (χ2n) is 4.40. The Balaban J connectivity index is 2.19. The summed E-state index contributed by atoms with van der Waals surface area (Å²) < 4.78 is 12.4. The Bertz CT molecular complexity index is 276. The van der Waals surface area contributed by atoms with Crippen LogP contribution in [0.2, 0.25) is 0 Å². The van der Waals surface area contributed by atoms with Crippen LogP contribution in [0.1, 0.15) is 12.8 Å². The van der Waals surface area contributed by atoms with E-state index in [1.54, 1.807) is 6.08 Å². The molecule has 0 bridgehead atoms. The Hall–Kier alpha value is -0.930. The quantitative estimate of drug-likeness (QED) is 0.721. The molecule has 0 aromatic carbocycles. The molecule has 1 aliphatic rings. The van der Waals surface area contributed by atoms with E-state index in [0.717, 1.165) is 25.2 Å². The van der Waals surface area contributed by atoms with E-state index in [2.05, 4.69) is 30.4 Å². The van der Waals surface area contributed by atoms with Crippen LogP contribution in [0.15, 0.2) is 36.7 Å². The molecule has 0 amide bonds. The molecule has 3 heteroatoms. The zero-order chi connectivity index (χ0) is 12.0. The highest BCUT2D eigenvalue weighted by atomic mass is 19.1. The molecule has 0 atom stereocenters. The van der Waals surface area contributed by atoms with Crippen LogP contribution < -0.4 is 5.32 Å². The van der Waals surface area contributed by atoms with Crippen molar-refractivity contribution in [2.45, 2.75) is 18.9 Å². The molecule has 1 fully saturated rings. The van der Waals surface area contributed by atoms with Gasteiger partial charge in [0.05, 0.1) is 0 Å². The Morgan fingerprint density at radius 2 is 2.00 bits per heavy atom. The zero-order valence-electron chi connectivity index (χ0n) is 10.0. The van der Waals surface area contributed by atoms with Gasteiger partial charge in [0.25, 0.3) is 0 Å². The van der Waals surface area contributed by atoms with Crippen molar-refractivity contribution in [3.8, 4) is 0 Å². The van der Waals surface area contributed by atoms with Crippen molar-refractivity contribution in [3.63, 3.8) is 0 Å². The Morgan fingerprint density at radius 1 is 1.38 bits per heavy atom. The zero-order valence-corrected chi connectivity index (χ0v) is 10.0. The Labute approximate surface area is 97.5 Å². The van der Waals surface area contributed by atoms with E-state index in [1.807, 2.05) is 0 Å². The number of hydrogen-bond donors (Lipinski definition) is 1. The molecule has 1 aliphatic heterocycles. The van der Waals surface area contributed by atoms with Gasteiger partial charge in [0.15, 0.2) is 0 Å². The van der Waals surface area contributed by atoms with Crippen molar-refractivity contribution in [2.75, 3.05) is 26.7 Å². The third kappa shape index (κ3) is 5.24. The van der Waals surface area contributed by atoms with Crippen LogP contribution in [0.4, 0.5) is 4.39 Å². The molecular formula is C13H21FN2. The van der Waals surface area contributed by atoms with Crippen LogP contribution in [-0.4, -0.2) is 37.6 Å². The lowest BCUT2D eigenvalue weighted by molar-refractivity contribution is 0.237. The second kappa shape index (κ2) is 6.61. The molecule has 0 unspecified atom stereocenters. The average molecular weight is 224 g/mol. The minimum atomic E-state index is -0.430. The number of hydrogen-bond acceptors (Lipinski definition) is 2. The molecule has 0 aromatic heterocycles. The maximum Gasteiger partial charge on any atom is 0.116 e. The predicted octanol–water partition coefficient (Wildman–Crippen LogP) is 2.27. The van der Waals surface area contributed by atoms with Crippen molar-refractivity contribution >= 4 is 0 Å². The smallest absolute Gasteiger partial charge is 0.116 e. The van der Waals surface area contributed by atoms with Gasteiger partial charge in [-0.05, 0) is 44.6 Å². The molecule has 1 N–H and O–H groups in total. The first-order valence-corrected chi connectivity index (χ1v) is 5.70. The van der Waals surface area contributed by atoms with Crippen molar-refractivity contribution < 1.29 is 4.39 Å². The van der Waals surface area contributed by atoms with Crippen LogP contribution in [-0.2, 0) is 0 Å². The Morgan fingerprint density at radius 3 is 2.56 bits per heavy atom. The van der Waals surface area contributed by atoms with Gasteiger partial charge in [-0.3, -0.25) is 0 Å². The minimum Gasteiger partial charge on any atom is -0.310 e. The standard InChI is InChI=1S/C13H21FN2/c1-11(4-5-12(2)14)10-15-13-6-8-16(3)9-7-13/h4-5,13,15H,1-2,6-10H2,3H3/b5-4-. The maximum absolute atomic E-state index is 12.4. The summed E-state index contributed by atoms with van der Waals surface area (Å²) >= 11 is 0. The minimum absolute atomic E-state index is 0.430. The molecule has 1 rings (SSSR count). The van der Waals surface area contributed by atoms with E-state index in [-0.39, 0.29) is 0 Å². The lowest BCUT2D eigenvalue weighted by atomic mass is 10.1.